The molecular weight excluding hydrogens is 344 g/mol. The minimum absolute atomic E-state index is 0.343. The molecule has 0 saturated heterocycles. The lowest BCUT2D eigenvalue weighted by molar-refractivity contribution is -0.147. The number of aliphatic carboxylic acids is 1. The van der Waals surface area contributed by atoms with E-state index in [9.17, 15) is 9.59 Å². The van der Waals surface area contributed by atoms with Crippen molar-refractivity contribution in [3.05, 3.63) is 11.5 Å². The molecule has 0 amide bonds. The third-order valence-corrected chi connectivity index (χ3v) is 3.97. The molecular formula is C18H32O8. The number of carbonyl (C=O) groups excluding carboxylic acids is 1. The van der Waals surface area contributed by atoms with Crippen LogP contribution in [0.3, 0.4) is 0 Å². The highest BCUT2D eigenvalue weighted by Gasteiger charge is 2.38. The van der Waals surface area contributed by atoms with E-state index in [1.165, 1.54) is 44.9 Å². The fourth-order valence-corrected chi connectivity index (χ4v) is 2.41. The highest BCUT2D eigenvalue weighted by molar-refractivity contribution is 5.89. The van der Waals surface area contributed by atoms with Crippen molar-refractivity contribution in [3.63, 3.8) is 0 Å². The Morgan fingerprint density at radius 1 is 1.04 bits per heavy atom. The molecule has 1 heterocycles. The Bertz CT molecular complexity index is 446. The summed E-state index contributed by atoms with van der Waals surface area (Å²) in [5.74, 6) is -3.44. The second-order valence-electron chi connectivity index (χ2n) is 6.28. The third kappa shape index (κ3) is 10.2. The van der Waals surface area contributed by atoms with Crippen LogP contribution >= 0.6 is 0 Å². The van der Waals surface area contributed by atoms with Crippen molar-refractivity contribution >= 4 is 11.9 Å². The molecule has 8 nitrogen and oxygen atoms in total. The van der Waals surface area contributed by atoms with E-state index in [2.05, 4.69) is 11.7 Å². The third-order valence-electron chi connectivity index (χ3n) is 3.97. The second kappa shape index (κ2) is 14.4. The molecule has 0 aromatic rings. The van der Waals surface area contributed by atoms with Gasteiger partial charge in [0.05, 0.1) is 6.61 Å². The minimum Gasteiger partial charge on any atom is -0.505 e. The number of ether oxygens (including phenoxy) is 1. The van der Waals surface area contributed by atoms with E-state index in [1.807, 2.05) is 0 Å². The van der Waals surface area contributed by atoms with Crippen LogP contribution in [0.25, 0.3) is 0 Å². The van der Waals surface area contributed by atoms with Gasteiger partial charge in [0.15, 0.2) is 11.9 Å². The zero-order valence-electron chi connectivity index (χ0n) is 15.4. The number of cyclic esters (lactones) is 1. The summed E-state index contributed by atoms with van der Waals surface area (Å²) >= 11 is 0. The molecule has 8 heteroatoms. The maximum atomic E-state index is 10.5. The van der Waals surface area contributed by atoms with E-state index >= 15 is 0 Å². The number of unbranched alkanes of at least 4 members (excludes halogenated alkanes) is 8. The summed E-state index contributed by atoms with van der Waals surface area (Å²) in [7, 11) is 0. The Morgan fingerprint density at radius 3 is 1.92 bits per heavy atom. The number of hydrogen-bond acceptors (Lipinski definition) is 7. The molecule has 0 radical (unpaired) electrons. The quantitative estimate of drug-likeness (QED) is 0.258. The smallest absolute Gasteiger partial charge is 0.377 e. The van der Waals surface area contributed by atoms with E-state index in [-0.39, 0.29) is 0 Å². The number of esters is 1. The molecule has 5 N–H and O–H groups in total. The van der Waals surface area contributed by atoms with Gasteiger partial charge in [0.1, 0.15) is 6.10 Å². The number of rotatable bonds is 12. The second-order valence-corrected chi connectivity index (χ2v) is 6.28. The number of carboxylic acid groups (broad SMARTS) is 1. The van der Waals surface area contributed by atoms with E-state index in [0.717, 1.165) is 12.8 Å². The van der Waals surface area contributed by atoms with Gasteiger partial charge in [-0.05, 0) is 6.42 Å². The Labute approximate surface area is 154 Å². The molecule has 1 aliphatic heterocycles. The van der Waals surface area contributed by atoms with Gasteiger partial charge in [-0.1, -0.05) is 58.3 Å². The van der Waals surface area contributed by atoms with E-state index in [0.29, 0.717) is 6.42 Å². The van der Waals surface area contributed by atoms with Gasteiger partial charge >= 0.3 is 11.9 Å². The van der Waals surface area contributed by atoms with Gasteiger partial charge in [-0.25, -0.2) is 4.79 Å². The number of carbonyl (C=O) groups is 2. The van der Waals surface area contributed by atoms with Gasteiger partial charge in [0, 0.05) is 6.42 Å². The lowest BCUT2D eigenvalue weighted by atomic mass is 10.1. The largest absolute Gasteiger partial charge is 0.505 e. The first kappa shape index (κ1) is 24.2. The Balaban J connectivity index is 0.000000485. The highest BCUT2D eigenvalue weighted by Crippen LogP contribution is 2.20. The van der Waals surface area contributed by atoms with Gasteiger partial charge in [-0.3, -0.25) is 4.79 Å². The van der Waals surface area contributed by atoms with Gasteiger partial charge in [-0.15, -0.1) is 0 Å². The Morgan fingerprint density at radius 2 is 1.54 bits per heavy atom. The summed E-state index contributed by atoms with van der Waals surface area (Å²) in [5, 5.41) is 43.5. The fourth-order valence-electron chi connectivity index (χ4n) is 2.41. The van der Waals surface area contributed by atoms with Crippen LogP contribution in [0, 0.1) is 0 Å². The van der Waals surface area contributed by atoms with Crippen LogP contribution in [0.5, 0.6) is 0 Å². The number of aliphatic hydroxyl groups excluding tert-OH is 4. The molecule has 2 atom stereocenters. The van der Waals surface area contributed by atoms with Crippen molar-refractivity contribution < 1.29 is 39.9 Å². The SMILES string of the molecule is CCCCCCCCCCCC(=O)O.O=C1O[C@H](C(O)CO)C(O)=C1O. The molecule has 0 bridgehead atoms. The number of aliphatic hydroxyl groups is 4. The lowest BCUT2D eigenvalue weighted by Gasteiger charge is -2.13. The molecule has 0 saturated carbocycles. The van der Waals surface area contributed by atoms with Crippen LogP contribution in [-0.4, -0.2) is 56.3 Å². The molecule has 0 aliphatic carbocycles. The number of hydrogen-bond donors (Lipinski definition) is 5. The molecule has 1 rings (SSSR count). The number of carboxylic acids is 1. The zero-order valence-corrected chi connectivity index (χ0v) is 15.4. The van der Waals surface area contributed by atoms with Gasteiger partial charge in [0.2, 0.25) is 5.76 Å². The highest BCUT2D eigenvalue weighted by atomic mass is 16.6. The summed E-state index contributed by atoms with van der Waals surface area (Å²) in [6.45, 7) is 1.56. The van der Waals surface area contributed by atoms with Crippen molar-refractivity contribution in [3.8, 4) is 0 Å². The molecule has 0 fully saturated rings. The van der Waals surface area contributed by atoms with E-state index < -0.39 is 42.3 Å². The summed E-state index contributed by atoms with van der Waals surface area (Å²) < 4.78 is 4.32. The maximum absolute atomic E-state index is 10.5. The first-order chi connectivity index (χ1) is 12.3. The normalized spacial score (nSPS) is 17.5. The van der Waals surface area contributed by atoms with Crippen LogP contribution < -0.4 is 0 Å². The zero-order chi connectivity index (χ0) is 19.9. The maximum Gasteiger partial charge on any atom is 0.377 e. The molecule has 0 aromatic carbocycles. The van der Waals surface area contributed by atoms with Gasteiger partial charge < -0.3 is 30.3 Å². The van der Waals surface area contributed by atoms with Crippen LogP contribution in [-0.2, 0) is 14.3 Å². The van der Waals surface area contributed by atoms with Crippen molar-refractivity contribution in [2.24, 2.45) is 0 Å². The summed E-state index contributed by atoms with van der Waals surface area (Å²) in [6, 6.07) is 0. The standard InChI is InChI=1S/C12H24O2.C6H8O6/c1-2-3-4-5-6-7-8-9-10-11-12(13)14;7-1-2(8)5-3(9)4(10)6(11)12-5/h2-11H2,1H3,(H,13,14);2,5,7-10H,1H2/t;2?,5-/m.1/s1. The summed E-state index contributed by atoms with van der Waals surface area (Å²) in [4.78, 5) is 20.7. The summed E-state index contributed by atoms with van der Waals surface area (Å²) in [6.07, 6.45) is 8.70. The van der Waals surface area contributed by atoms with Crippen molar-refractivity contribution in [1.29, 1.82) is 0 Å². The Kier molecular flexibility index (Phi) is 13.4. The molecule has 0 aromatic heterocycles. The molecule has 1 unspecified atom stereocenters. The molecule has 26 heavy (non-hydrogen) atoms. The average Bonchev–Trinajstić information content (AvgIpc) is 2.87. The molecule has 1 aliphatic rings. The van der Waals surface area contributed by atoms with Gasteiger partial charge in [-0.2, -0.15) is 0 Å². The summed E-state index contributed by atoms with van der Waals surface area (Å²) in [5.41, 5.74) is 0. The first-order valence-corrected chi connectivity index (χ1v) is 9.18. The fraction of sp³-hybridized carbons (Fsp3) is 0.778. The topological polar surface area (TPSA) is 145 Å². The van der Waals surface area contributed by atoms with Crippen LogP contribution in [0.4, 0.5) is 0 Å². The van der Waals surface area contributed by atoms with Crippen molar-refractivity contribution in [2.75, 3.05) is 6.61 Å². The van der Waals surface area contributed by atoms with Crippen LogP contribution in [0.15, 0.2) is 11.5 Å². The van der Waals surface area contributed by atoms with Crippen molar-refractivity contribution in [2.45, 2.75) is 83.3 Å². The van der Waals surface area contributed by atoms with Crippen LogP contribution in [0.2, 0.25) is 0 Å². The Hall–Kier alpha value is -1.80. The monoisotopic (exact) mass is 376 g/mol. The molecule has 152 valence electrons. The predicted octanol–water partition coefficient (Wildman–Crippen LogP) is 2.58. The lowest BCUT2D eigenvalue weighted by Crippen LogP contribution is -2.31. The average molecular weight is 376 g/mol. The first-order valence-electron chi connectivity index (χ1n) is 9.18. The van der Waals surface area contributed by atoms with Crippen molar-refractivity contribution in [1.82, 2.24) is 0 Å². The molecule has 0 spiro atoms. The van der Waals surface area contributed by atoms with Crippen LogP contribution in [0.1, 0.15) is 71.1 Å². The minimum atomic E-state index is -1.42. The van der Waals surface area contributed by atoms with E-state index in [1.54, 1.807) is 0 Å². The van der Waals surface area contributed by atoms with Gasteiger partial charge in [0.25, 0.3) is 0 Å². The van der Waals surface area contributed by atoms with E-state index in [4.69, 9.17) is 25.5 Å². The predicted molar refractivity (Wildman–Crippen MR) is 94.7 cm³/mol.